The van der Waals surface area contributed by atoms with Crippen LogP contribution in [0, 0.1) is 0 Å². The Bertz CT molecular complexity index is 309. The summed E-state index contributed by atoms with van der Waals surface area (Å²) in [6.45, 7) is 0.415. The number of rotatable bonds is 4. The van der Waals surface area contributed by atoms with Crippen molar-refractivity contribution in [1.29, 1.82) is 0 Å². The Hall–Kier alpha value is -1.33. The van der Waals surface area contributed by atoms with E-state index in [4.69, 9.17) is 10.5 Å². The SMILES string of the molecule is COCC(N)c1c[nH]c(C(=O)OC)c1. The highest BCUT2D eigenvalue weighted by molar-refractivity contribution is 5.87. The maximum Gasteiger partial charge on any atom is 0.354 e. The first kappa shape index (κ1) is 10.7. The number of carbonyl (C=O) groups excluding carboxylic acids is 1. The number of hydrogen-bond acceptors (Lipinski definition) is 4. The number of nitrogens with one attached hydrogen (secondary N) is 1. The Morgan fingerprint density at radius 1 is 1.64 bits per heavy atom. The third kappa shape index (κ3) is 2.34. The fraction of sp³-hybridized carbons (Fsp3) is 0.444. The molecule has 0 spiro atoms. The number of esters is 1. The Morgan fingerprint density at radius 2 is 2.36 bits per heavy atom. The molecular weight excluding hydrogens is 184 g/mol. The molecule has 5 nitrogen and oxygen atoms in total. The third-order valence-corrected chi connectivity index (χ3v) is 1.89. The number of ether oxygens (including phenoxy) is 2. The maximum atomic E-state index is 11.1. The lowest BCUT2D eigenvalue weighted by Crippen LogP contribution is -2.15. The summed E-state index contributed by atoms with van der Waals surface area (Å²) in [6.07, 6.45) is 1.68. The van der Waals surface area contributed by atoms with Crippen molar-refractivity contribution in [2.24, 2.45) is 5.73 Å². The van der Waals surface area contributed by atoms with E-state index in [9.17, 15) is 4.79 Å². The van der Waals surface area contributed by atoms with Gasteiger partial charge >= 0.3 is 5.97 Å². The van der Waals surface area contributed by atoms with Crippen molar-refractivity contribution in [3.8, 4) is 0 Å². The van der Waals surface area contributed by atoms with E-state index in [0.29, 0.717) is 12.3 Å². The molecule has 3 N–H and O–H groups in total. The fourth-order valence-electron chi connectivity index (χ4n) is 1.13. The van der Waals surface area contributed by atoms with Gasteiger partial charge in [0.25, 0.3) is 0 Å². The van der Waals surface area contributed by atoms with Gasteiger partial charge in [0, 0.05) is 13.3 Å². The van der Waals surface area contributed by atoms with E-state index in [1.54, 1.807) is 19.4 Å². The molecule has 0 fully saturated rings. The summed E-state index contributed by atoms with van der Waals surface area (Å²) in [6, 6.07) is 1.44. The van der Waals surface area contributed by atoms with Crippen LogP contribution in [0.4, 0.5) is 0 Å². The van der Waals surface area contributed by atoms with Crippen molar-refractivity contribution in [3.63, 3.8) is 0 Å². The van der Waals surface area contributed by atoms with E-state index < -0.39 is 5.97 Å². The minimum Gasteiger partial charge on any atom is -0.464 e. The predicted octanol–water partition coefficient (Wildman–Crippen LogP) is 0.447. The summed E-state index contributed by atoms with van der Waals surface area (Å²) in [4.78, 5) is 13.9. The molecule has 1 unspecified atom stereocenters. The van der Waals surface area contributed by atoms with Crippen LogP contribution < -0.4 is 5.73 Å². The van der Waals surface area contributed by atoms with Gasteiger partial charge in [0.1, 0.15) is 5.69 Å². The van der Waals surface area contributed by atoms with E-state index in [-0.39, 0.29) is 6.04 Å². The van der Waals surface area contributed by atoms with Crippen LogP contribution in [0.3, 0.4) is 0 Å². The van der Waals surface area contributed by atoms with Gasteiger partial charge in [-0.3, -0.25) is 0 Å². The molecule has 0 aliphatic carbocycles. The van der Waals surface area contributed by atoms with Crippen molar-refractivity contribution >= 4 is 5.97 Å². The summed E-state index contributed by atoms with van der Waals surface area (Å²) >= 11 is 0. The molecule has 0 saturated carbocycles. The molecule has 0 aliphatic rings. The summed E-state index contributed by atoms with van der Waals surface area (Å²) in [5.41, 5.74) is 6.99. The number of nitrogens with two attached hydrogens (primary N) is 1. The normalized spacial score (nSPS) is 12.5. The molecule has 1 aromatic rings. The molecule has 0 radical (unpaired) electrons. The van der Waals surface area contributed by atoms with Crippen LogP contribution >= 0.6 is 0 Å². The van der Waals surface area contributed by atoms with Gasteiger partial charge in [0.05, 0.1) is 19.8 Å². The second-order valence-corrected chi connectivity index (χ2v) is 2.90. The van der Waals surface area contributed by atoms with Gasteiger partial charge < -0.3 is 20.2 Å². The number of aromatic nitrogens is 1. The molecule has 0 amide bonds. The lowest BCUT2D eigenvalue weighted by atomic mass is 10.2. The molecule has 0 aromatic carbocycles. The maximum absolute atomic E-state index is 11.1. The quantitative estimate of drug-likeness (QED) is 0.688. The van der Waals surface area contributed by atoms with Crippen LogP contribution in [0.1, 0.15) is 22.1 Å². The molecule has 14 heavy (non-hydrogen) atoms. The topological polar surface area (TPSA) is 77.3 Å². The fourth-order valence-corrected chi connectivity index (χ4v) is 1.13. The number of hydrogen-bond donors (Lipinski definition) is 2. The highest BCUT2D eigenvalue weighted by Gasteiger charge is 2.12. The molecular formula is C9H14N2O3. The largest absolute Gasteiger partial charge is 0.464 e. The zero-order chi connectivity index (χ0) is 10.6. The summed E-state index contributed by atoms with van der Waals surface area (Å²) in [7, 11) is 2.91. The van der Waals surface area contributed by atoms with E-state index in [0.717, 1.165) is 5.56 Å². The molecule has 0 aliphatic heterocycles. The summed E-state index contributed by atoms with van der Waals surface area (Å²) in [5.74, 6) is -0.402. The van der Waals surface area contributed by atoms with Crippen molar-refractivity contribution in [3.05, 3.63) is 23.5 Å². The van der Waals surface area contributed by atoms with E-state index in [1.165, 1.54) is 7.11 Å². The van der Waals surface area contributed by atoms with Crippen molar-refractivity contribution in [2.45, 2.75) is 6.04 Å². The van der Waals surface area contributed by atoms with Gasteiger partial charge in [-0.2, -0.15) is 0 Å². The minimum atomic E-state index is -0.402. The average Bonchev–Trinajstić information content (AvgIpc) is 2.66. The summed E-state index contributed by atoms with van der Waals surface area (Å²) < 4.78 is 9.45. The van der Waals surface area contributed by atoms with Crippen LogP contribution in [0.5, 0.6) is 0 Å². The Kier molecular flexibility index (Phi) is 3.67. The highest BCUT2D eigenvalue weighted by Crippen LogP contribution is 2.12. The van der Waals surface area contributed by atoms with Crippen LogP contribution in [0.2, 0.25) is 0 Å². The second kappa shape index (κ2) is 4.78. The molecule has 1 heterocycles. The molecule has 0 bridgehead atoms. The zero-order valence-electron chi connectivity index (χ0n) is 8.24. The first-order chi connectivity index (χ1) is 6.69. The van der Waals surface area contributed by atoms with Gasteiger partial charge in [-0.15, -0.1) is 0 Å². The number of methoxy groups -OCH3 is 2. The van der Waals surface area contributed by atoms with Gasteiger partial charge in [-0.25, -0.2) is 4.79 Å². The number of H-pyrrole nitrogens is 1. The molecule has 1 aromatic heterocycles. The van der Waals surface area contributed by atoms with Crippen molar-refractivity contribution in [2.75, 3.05) is 20.8 Å². The standard InChI is InChI=1S/C9H14N2O3/c1-13-5-7(10)6-3-8(11-4-6)9(12)14-2/h3-4,7,11H,5,10H2,1-2H3. The van der Waals surface area contributed by atoms with Crippen LogP contribution in [0.15, 0.2) is 12.3 Å². The lowest BCUT2D eigenvalue weighted by Gasteiger charge is -2.06. The lowest BCUT2D eigenvalue weighted by molar-refractivity contribution is 0.0595. The minimum absolute atomic E-state index is 0.227. The van der Waals surface area contributed by atoms with Crippen LogP contribution in [-0.2, 0) is 9.47 Å². The van der Waals surface area contributed by atoms with Gasteiger partial charge in [0.2, 0.25) is 0 Å². The molecule has 78 valence electrons. The van der Waals surface area contributed by atoms with Gasteiger partial charge in [0.15, 0.2) is 0 Å². The number of aromatic amines is 1. The smallest absolute Gasteiger partial charge is 0.354 e. The van der Waals surface area contributed by atoms with E-state index >= 15 is 0 Å². The van der Waals surface area contributed by atoms with E-state index in [2.05, 4.69) is 9.72 Å². The van der Waals surface area contributed by atoms with Gasteiger partial charge in [-0.05, 0) is 11.6 Å². The van der Waals surface area contributed by atoms with E-state index in [1.807, 2.05) is 0 Å². The zero-order valence-corrected chi connectivity index (χ0v) is 8.24. The Balaban J connectivity index is 2.72. The first-order valence-corrected chi connectivity index (χ1v) is 4.20. The van der Waals surface area contributed by atoms with Crippen molar-refractivity contribution < 1.29 is 14.3 Å². The van der Waals surface area contributed by atoms with Crippen LogP contribution in [-0.4, -0.2) is 31.8 Å². The molecule has 0 saturated heterocycles. The Labute approximate surface area is 82.2 Å². The third-order valence-electron chi connectivity index (χ3n) is 1.89. The second-order valence-electron chi connectivity index (χ2n) is 2.90. The monoisotopic (exact) mass is 198 g/mol. The molecule has 1 atom stereocenters. The van der Waals surface area contributed by atoms with Crippen LogP contribution in [0.25, 0.3) is 0 Å². The average molecular weight is 198 g/mol. The van der Waals surface area contributed by atoms with Crippen molar-refractivity contribution in [1.82, 2.24) is 4.98 Å². The summed E-state index contributed by atoms with van der Waals surface area (Å²) in [5, 5.41) is 0. The molecule has 1 rings (SSSR count). The molecule has 5 heteroatoms. The highest BCUT2D eigenvalue weighted by atomic mass is 16.5. The number of carbonyl (C=O) groups is 1. The van der Waals surface area contributed by atoms with Gasteiger partial charge in [-0.1, -0.05) is 0 Å². The predicted molar refractivity (Wildman–Crippen MR) is 50.9 cm³/mol. The first-order valence-electron chi connectivity index (χ1n) is 4.20. The Morgan fingerprint density at radius 3 is 2.93 bits per heavy atom.